The Balaban J connectivity index is 0.883. The van der Waals surface area contributed by atoms with Crippen LogP contribution in [0.3, 0.4) is 0 Å². The van der Waals surface area contributed by atoms with Gasteiger partial charge in [-0.15, -0.1) is 10.2 Å². The first-order valence-electron chi connectivity index (χ1n) is 19.9. The van der Waals surface area contributed by atoms with Gasteiger partial charge in [-0.2, -0.15) is 4.98 Å². The van der Waals surface area contributed by atoms with Crippen LogP contribution < -0.4 is 21.3 Å². The molecule has 5 aromatic rings. The van der Waals surface area contributed by atoms with E-state index in [9.17, 15) is 29.1 Å². The van der Waals surface area contributed by atoms with Gasteiger partial charge in [0.05, 0.1) is 34.9 Å². The fourth-order valence-corrected chi connectivity index (χ4v) is 7.67. The minimum Gasteiger partial charge on any atom is -0.451 e. The van der Waals surface area contributed by atoms with E-state index >= 15 is 0 Å². The molecule has 5 heterocycles. The molecule has 8 rings (SSSR count). The summed E-state index contributed by atoms with van der Waals surface area (Å²) in [5.74, 6) is -1.25. The number of imide groups is 2. The van der Waals surface area contributed by atoms with Gasteiger partial charge in [-0.3, -0.25) is 29.4 Å². The molecule has 1 fully saturated rings. The maximum Gasteiger partial charge on any atom is 0.339 e. The molecular weight excluding hydrogens is 771 g/mol. The zero-order valence-electron chi connectivity index (χ0n) is 33.0. The van der Waals surface area contributed by atoms with Gasteiger partial charge in [0.2, 0.25) is 23.7 Å². The average Bonchev–Trinajstić information content (AvgIpc) is 3.88. The van der Waals surface area contributed by atoms with Crippen LogP contribution >= 0.6 is 0 Å². The van der Waals surface area contributed by atoms with Gasteiger partial charge in [-0.05, 0) is 69.0 Å². The summed E-state index contributed by atoms with van der Waals surface area (Å²) in [6.45, 7) is 4.00. The number of hydrogen-bond donors (Lipinski definition) is 5. The molecule has 2 aromatic heterocycles. The van der Waals surface area contributed by atoms with Gasteiger partial charge in [-0.25, -0.2) is 9.78 Å². The number of aliphatic hydroxyl groups is 1. The molecule has 17 nitrogen and oxygen atoms in total. The normalized spacial score (nSPS) is 17.2. The number of esters is 1. The standard InChI is InChI=1S/C43H43N9O8/c1-43(2)29-21-25(16-17-26(29)41(58)60-43)46-42-45-22-28(36(49-42)47-31(23-53)24-11-6-5-7-12-24)38-51-50-34(59-38)15-8-3-4-9-20-44-30-14-10-13-27-35(30)40(57)52(39(27)56)32-18-19-33(54)48-37(32)55/h5-7,10-14,16-17,21-22,31-32,44,53H,3-4,8-9,15,18-20,23H2,1-2H3,(H,48,54,55)(H2,45,46,47,49)/t31-,32?/m1/s1. The third kappa shape index (κ3) is 8.03. The molecule has 1 saturated heterocycles. The van der Waals surface area contributed by atoms with Crippen molar-refractivity contribution in [1.82, 2.24) is 30.4 Å². The highest BCUT2D eigenvalue weighted by atomic mass is 16.6. The summed E-state index contributed by atoms with van der Waals surface area (Å²) in [6.07, 6.45) is 5.54. The second kappa shape index (κ2) is 16.7. The Bertz CT molecular complexity index is 2490. The number of carbonyl (C=O) groups excluding carboxylic acids is 5. The third-order valence-corrected chi connectivity index (χ3v) is 10.8. The fraction of sp³-hybridized carbons (Fsp3) is 0.326. The molecule has 3 aromatic carbocycles. The largest absolute Gasteiger partial charge is 0.451 e. The molecule has 0 aliphatic carbocycles. The molecule has 17 heteroatoms. The van der Waals surface area contributed by atoms with Crippen molar-refractivity contribution < 1.29 is 38.2 Å². The molecule has 1 unspecified atom stereocenters. The van der Waals surface area contributed by atoms with Crippen molar-refractivity contribution in [3.05, 3.63) is 107 Å². The van der Waals surface area contributed by atoms with Crippen molar-refractivity contribution in [3.8, 4) is 11.5 Å². The monoisotopic (exact) mass is 813 g/mol. The molecule has 2 atom stereocenters. The molecule has 0 bridgehead atoms. The van der Waals surface area contributed by atoms with Crippen molar-refractivity contribution in [2.45, 2.75) is 76.5 Å². The lowest BCUT2D eigenvalue weighted by Crippen LogP contribution is -2.54. The Morgan fingerprint density at radius 2 is 1.73 bits per heavy atom. The van der Waals surface area contributed by atoms with Crippen molar-refractivity contribution in [3.63, 3.8) is 0 Å². The summed E-state index contributed by atoms with van der Waals surface area (Å²) in [6, 6.07) is 18.3. The quantitative estimate of drug-likeness (QED) is 0.0475. The van der Waals surface area contributed by atoms with Gasteiger partial charge >= 0.3 is 5.97 Å². The number of rotatable bonds is 16. The number of aryl methyl sites for hydroxylation is 1. The summed E-state index contributed by atoms with van der Waals surface area (Å²) < 4.78 is 11.6. The molecule has 4 amide bonds. The van der Waals surface area contributed by atoms with E-state index in [1.165, 1.54) is 0 Å². The van der Waals surface area contributed by atoms with E-state index in [2.05, 4.69) is 36.4 Å². The number of aliphatic hydroxyl groups excluding tert-OH is 1. The van der Waals surface area contributed by atoms with Crippen LogP contribution in [0.15, 0.2) is 77.3 Å². The molecule has 308 valence electrons. The molecule has 0 spiro atoms. The minimum absolute atomic E-state index is 0.0577. The van der Waals surface area contributed by atoms with E-state index in [1.54, 1.807) is 36.5 Å². The highest BCUT2D eigenvalue weighted by Crippen LogP contribution is 2.38. The van der Waals surface area contributed by atoms with Gasteiger partial charge in [0.25, 0.3) is 17.7 Å². The Hall–Kier alpha value is -7.01. The number of amides is 4. The van der Waals surface area contributed by atoms with Crippen molar-refractivity contribution in [2.24, 2.45) is 0 Å². The smallest absolute Gasteiger partial charge is 0.339 e. The number of anilines is 4. The first kappa shape index (κ1) is 39.8. The van der Waals surface area contributed by atoms with Crippen LogP contribution in [0.25, 0.3) is 11.5 Å². The average molecular weight is 814 g/mol. The summed E-state index contributed by atoms with van der Waals surface area (Å²) in [5, 5.41) is 31.0. The third-order valence-electron chi connectivity index (χ3n) is 10.8. The Morgan fingerprint density at radius 1 is 0.917 bits per heavy atom. The van der Waals surface area contributed by atoms with Crippen LogP contribution in [0.5, 0.6) is 0 Å². The topological polar surface area (TPSA) is 231 Å². The Kier molecular flexibility index (Phi) is 11.1. The van der Waals surface area contributed by atoms with Crippen LogP contribution in [-0.4, -0.2) is 79.0 Å². The number of unbranched alkanes of at least 4 members (excludes halogenated alkanes) is 3. The number of fused-ring (bicyclic) bond motifs is 2. The number of cyclic esters (lactones) is 1. The molecule has 0 saturated carbocycles. The summed E-state index contributed by atoms with van der Waals surface area (Å²) in [4.78, 5) is 73.2. The minimum atomic E-state index is -1.02. The Labute approximate surface area is 344 Å². The molecule has 60 heavy (non-hydrogen) atoms. The van der Waals surface area contributed by atoms with E-state index < -0.39 is 41.3 Å². The first-order chi connectivity index (χ1) is 29.0. The summed E-state index contributed by atoms with van der Waals surface area (Å²) in [5.41, 5.74) is 3.42. The number of carbonyl (C=O) groups is 5. The van der Waals surface area contributed by atoms with Crippen LogP contribution in [0, 0.1) is 0 Å². The lowest BCUT2D eigenvalue weighted by atomic mass is 9.95. The molecular formula is C43H43N9O8. The number of piperidine rings is 1. The lowest BCUT2D eigenvalue weighted by Gasteiger charge is -2.27. The predicted octanol–water partition coefficient (Wildman–Crippen LogP) is 5.44. The van der Waals surface area contributed by atoms with E-state index in [4.69, 9.17) is 14.1 Å². The second-order valence-electron chi connectivity index (χ2n) is 15.3. The van der Waals surface area contributed by atoms with Crippen LogP contribution in [0.4, 0.5) is 23.1 Å². The highest BCUT2D eigenvalue weighted by Gasteiger charge is 2.45. The number of ether oxygens (including phenoxy) is 1. The number of nitrogens with one attached hydrogen (secondary N) is 4. The van der Waals surface area contributed by atoms with Crippen molar-refractivity contribution >= 4 is 52.7 Å². The van der Waals surface area contributed by atoms with Crippen LogP contribution in [0.2, 0.25) is 0 Å². The molecule has 0 radical (unpaired) electrons. The van der Waals surface area contributed by atoms with Gasteiger partial charge in [-0.1, -0.05) is 49.2 Å². The van der Waals surface area contributed by atoms with Gasteiger partial charge in [0, 0.05) is 42.5 Å². The Morgan fingerprint density at radius 3 is 2.53 bits per heavy atom. The highest BCUT2D eigenvalue weighted by molar-refractivity contribution is 6.25. The molecule has 3 aliphatic heterocycles. The summed E-state index contributed by atoms with van der Waals surface area (Å²) in [7, 11) is 0. The first-order valence-corrected chi connectivity index (χ1v) is 19.9. The lowest BCUT2D eigenvalue weighted by molar-refractivity contribution is -0.136. The van der Waals surface area contributed by atoms with E-state index in [0.29, 0.717) is 47.2 Å². The number of benzene rings is 3. The van der Waals surface area contributed by atoms with Gasteiger partial charge in [0.1, 0.15) is 17.5 Å². The van der Waals surface area contributed by atoms with Crippen molar-refractivity contribution in [1.29, 1.82) is 0 Å². The maximum atomic E-state index is 13.4. The van der Waals surface area contributed by atoms with Gasteiger partial charge < -0.3 is 30.2 Å². The predicted molar refractivity (Wildman–Crippen MR) is 217 cm³/mol. The maximum absolute atomic E-state index is 13.4. The van der Waals surface area contributed by atoms with E-state index in [1.807, 2.05) is 50.2 Å². The molecule has 3 aliphatic rings. The van der Waals surface area contributed by atoms with E-state index in [-0.39, 0.29) is 48.4 Å². The molecule has 5 N–H and O–H groups in total. The van der Waals surface area contributed by atoms with Crippen molar-refractivity contribution in [2.75, 3.05) is 29.1 Å². The number of hydrogen-bond acceptors (Lipinski definition) is 15. The van der Waals surface area contributed by atoms with Crippen LogP contribution in [0.1, 0.15) is 107 Å². The SMILES string of the molecule is CC1(C)OC(=O)c2ccc(Nc3ncc(-c4nnc(CCCCCCNc5cccc6c5C(=O)N(C5CCC(=O)NC5=O)C6=O)o4)c(N[C@H](CO)c4ccccc4)n3)cc21. The zero-order chi connectivity index (χ0) is 42.0. The number of aromatic nitrogens is 4. The zero-order valence-corrected chi connectivity index (χ0v) is 33.0. The fourth-order valence-electron chi connectivity index (χ4n) is 7.67. The van der Waals surface area contributed by atoms with Gasteiger partial charge in [0.15, 0.2) is 0 Å². The number of nitrogens with zero attached hydrogens (tertiary/aromatic N) is 5. The van der Waals surface area contributed by atoms with E-state index in [0.717, 1.165) is 41.7 Å². The second-order valence-corrected chi connectivity index (χ2v) is 15.3. The van der Waals surface area contributed by atoms with Crippen LogP contribution in [-0.2, 0) is 26.3 Å². The summed E-state index contributed by atoms with van der Waals surface area (Å²) >= 11 is 0.